The topological polar surface area (TPSA) is 58.9 Å². The van der Waals surface area contributed by atoms with Crippen molar-refractivity contribution in [3.05, 3.63) is 0 Å². The van der Waals surface area contributed by atoms with Crippen molar-refractivity contribution < 1.29 is 19.7 Å². The van der Waals surface area contributed by atoms with E-state index in [1.54, 1.807) is 0 Å². The first kappa shape index (κ1) is 6.95. The molecule has 1 heterocycles. The van der Waals surface area contributed by atoms with Gasteiger partial charge in [0.05, 0.1) is 13.2 Å². The zero-order chi connectivity index (χ0) is 6.91. The number of aliphatic hydroxyl groups is 2. The van der Waals surface area contributed by atoms with Crippen molar-refractivity contribution in [3.8, 4) is 0 Å². The van der Waals surface area contributed by atoms with Crippen molar-refractivity contribution in [1.29, 1.82) is 0 Å². The molecule has 1 aliphatic rings. The van der Waals surface area contributed by atoms with Crippen LogP contribution in [0.4, 0.5) is 0 Å². The molecule has 0 aromatic heterocycles. The summed E-state index contributed by atoms with van der Waals surface area (Å²) in [4.78, 5) is 0. The monoisotopic (exact) mass is 134 g/mol. The van der Waals surface area contributed by atoms with Crippen molar-refractivity contribution in [1.82, 2.24) is 0 Å². The second-order valence-corrected chi connectivity index (χ2v) is 2.13. The van der Waals surface area contributed by atoms with Gasteiger partial charge in [0.2, 0.25) is 12.1 Å². The fraction of sp³-hybridized carbons (Fsp3) is 1.00. The third kappa shape index (κ3) is 1.40. The van der Waals surface area contributed by atoms with Gasteiger partial charge in [0.1, 0.15) is 0 Å². The Kier molecular flexibility index (Phi) is 1.72. The number of rotatable bonds is 0. The molecule has 0 amide bonds. The quantitative estimate of drug-likeness (QED) is 0.449. The summed E-state index contributed by atoms with van der Waals surface area (Å²) >= 11 is 0. The first-order valence-electron chi connectivity index (χ1n) is 2.79. The van der Waals surface area contributed by atoms with E-state index in [-0.39, 0.29) is 0 Å². The molecule has 0 aromatic rings. The van der Waals surface area contributed by atoms with E-state index in [0.29, 0.717) is 13.2 Å². The molecule has 54 valence electrons. The Morgan fingerprint density at radius 2 is 2.22 bits per heavy atom. The lowest BCUT2D eigenvalue weighted by molar-refractivity contribution is -0.350. The molecule has 2 atom stereocenters. The van der Waals surface area contributed by atoms with Gasteiger partial charge in [-0.3, -0.25) is 0 Å². The highest BCUT2D eigenvalue weighted by molar-refractivity contribution is 4.66. The van der Waals surface area contributed by atoms with Gasteiger partial charge in [-0.2, -0.15) is 0 Å². The highest BCUT2D eigenvalue weighted by Crippen LogP contribution is 2.16. The molecule has 1 fully saturated rings. The van der Waals surface area contributed by atoms with Crippen LogP contribution in [0.15, 0.2) is 0 Å². The van der Waals surface area contributed by atoms with Crippen LogP contribution in [-0.4, -0.2) is 35.5 Å². The molecule has 1 aliphatic heterocycles. The van der Waals surface area contributed by atoms with Gasteiger partial charge < -0.3 is 19.7 Å². The minimum Gasteiger partial charge on any atom is -0.364 e. The molecule has 0 bridgehead atoms. The molecule has 0 aromatic carbocycles. The Bertz CT molecular complexity index is 101. The number of aliphatic hydroxyl groups excluding tert-OH is 1. The van der Waals surface area contributed by atoms with E-state index < -0.39 is 12.1 Å². The standard InChI is InChI=1S/C5H10O4/c1-5(7)4(6)8-2-3-9-5/h4,6-7H,2-3H2,1H3/t4-,5-/m1/s1. The summed E-state index contributed by atoms with van der Waals surface area (Å²) in [7, 11) is 0. The third-order valence-corrected chi connectivity index (χ3v) is 1.21. The van der Waals surface area contributed by atoms with Crippen LogP contribution in [0.2, 0.25) is 0 Å². The molecule has 0 aliphatic carbocycles. The zero-order valence-corrected chi connectivity index (χ0v) is 5.20. The van der Waals surface area contributed by atoms with Gasteiger partial charge in [0, 0.05) is 0 Å². The van der Waals surface area contributed by atoms with E-state index in [2.05, 4.69) is 4.74 Å². The Labute approximate surface area is 53.0 Å². The van der Waals surface area contributed by atoms with E-state index in [1.807, 2.05) is 0 Å². The molecule has 0 radical (unpaired) electrons. The van der Waals surface area contributed by atoms with Crippen LogP contribution >= 0.6 is 0 Å². The van der Waals surface area contributed by atoms with Crippen molar-refractivity contribution >= 4 is 0 Å². The van der Waals surface area contributed by atoms with E-state index >= 15 is 0 Å². The molecule has 0 saturated carbocycles. The molecular formula is C5H10O4. The molecule has 1 saturated heterocycles. The Hall–Kier alpha value is -0.160. The number of hydrogen-bond donors (Lipinski definition) is 2. The van der Waals surface area contributed by atoms with Gasteiger partial charge in [-0.15, -0.1) is 0 Å². The minimum absolute atomic E-state index is 0.323. The van der Waals surface area contributed by atoms with Gasteiger partial charge in [0.15, 0.2) is 0 Å². The maximum absolute atomic E-state index is 9.05. The van der Waals surface area contributed by atoms with Crippen molar-refractivity contribution in [2.75, 3.05) is 13.2 Å². The Balaban J connectivity index is 2.49. The van der Waals surface area contributed by atoms with Crippen LogP contribution in [-0.2, 0) is 9.47 Å². The van der Waals surface area contributed by atoms with Gasteiger partial charge >= 0.3 is 0 Å². The molecule has 0 unspecified atom stereocenters. The SMILES string of the molecule is C[C@@]1(O)OCCO[C@H]1O. The van der Waals surface area contributed by atoms with Crippen LogP contribution < -0.4 is 0 Å². The summed E-state index contributed by atoms with van der Waals surface area (Å²) in [5, 5.41) is 17.9. The molecule has 9 heavy (non-hydrogen) atoms. The zero-order valence-electron chi connectivity index (χ0n) is 5.20. The van der Waals surface area contributed by atoms with Crippen LogP contribution in [0.1, 0.15) is 6.92 Å². The van der Waals surface area contributed by atoms with Gasteiger partial charge in [-0.05, 0) is 6.92 Å². The lowest BCUT2D eigenvalue weighted by atomic mass is 10.3. The maximum Gasteiger partial charge on any atom is 0.215 e. The second-order valence-electron chi connectivity index (χ2n) is 2.13. The van der Waals surface area contributed by atoms with Crippen LogP contribution in [0, 0.1) is 0 Å². The third-order valence-electron chi connectivity index (χ3n) is 1.21. The predicted molar refractivity (Wildman–Crippen MR) is 28.5 cm³/mol. The highest BCUT2D eigenvalue weighted by Gasteiger charge is 2.35. The molecule has 4 heteroatoms. The van der Waals surface area contributed by atoms with E-state index in [4.69, 9.17) is 14.9 Å². The van der Waals surface area contributed by atoms with Crippen molar-refractivity contribution in [2.24, 2.45) is 0 Å². The fourth-order valence-corrected chi connectivity index (χ4v) is 0.634. The molecule has 4 nitrogen and oxygen atoms in total. The largest absolute Gasteiger partial charge is 0.364 e. The first-order valence-corrected chi connectivity index (χ1v) is 2.79. The normalized spacial score (nSPS) is 45.0. The Morgan fingerprint density at radius 3 is 2.56 bits per heavy atom. The number of hydrogen-bond acceptors (Lipinski definition) is 4. The van der Waals surface area contributed by atoms with Gasteiger partial charge in [0.25, 0.3) is 0 Å². The summed E-state index contributed by atoms with van der Waals surface area (Å²) in [5.74, 6) is -1.53. The van der Waals surface area contributed by atoms with Crippen LogP contribution in [0.3, 0.4) is 0 Å². The minimum atomic E-state index is -1.53. The average molecular weight is 134 g/mol. The molecule has 2 N–H and O–H groups in total. The second kappa shape index (κ2) is 2.22. The Morgan fingerprint density at radius 1 is 1.56 bits per heavy atom. The summed E-state index contributed by atoms with van der Waals surface area (Å²) in [6.07, 6.45) is -1.22. The van der Waals surface area contributed by atoms with Crippen LogP contribution in [0.25, 0.3) is 0 Å². The van der Waals surface area contributed by atoms with Crippen LogP contribution in [0.5, 0.6) is 0 Å². The summed E-state index contributed by atoms with van der Waals surface area (Å²) in [6.45, 7) is 2.01. The summed E-state index contributed by atoms with van der Waals surface area (Å²) < 4.78 is 9.43. The smallest absolute Gasteiger partial charge is 0.215 e. The predicted octanol–water partition coefficient (Wildman–Crippen LogP) is -0.940. The maximum atomic E-state index is 9.05. The number of ether oxygens (including phenoxy) is 2. The highest BCUT2D eigenvalue weighted by atomic mass is 16.7. The molecular weight excluding hydrogens is 124 g/mol. The summed E-state index contributed by atoms with van der Waals surface area (Å²) in [6, 6.07) is 0. The first-order chi connectivity index (χ1) is 4.13. The summed E-state index contributed by atoms with van der Waals surface area (Å²) in [5.41, 5.74) is 0. The van der Waals surface area contributed by atoms with Crippen molar-refractivity contribution in [2.45, 2.75) is 19.0 Å². The van der Waals surface area contributed by atoms with Crippen molar-refractivity contribution in [3.63, 3.8) is 0 Å². The fourth-order valence-electron chi connectivity index (χ4n) is 0.634. The molecule has 1 rings (SSSR count). The van der Waals surface area contributed by atoms with Gasteiger partial charge in [-0.25, -0.2) is 0 Å². The average Bonchev–Trinajstić information content (AvgIpc) is 1.77. The van der Waals surface area contributed by atoms with E-state index in [1.165, 1.54) is 6.92 Å². The van der Waals surface area contributed by atoms with E-state index in [9.17, 15) is 0 Å². The lowest BCUT2D eigenvalue weighted by Crippen LogP contribution is -2.48. The van der Waals surface area contributed by atoms with E-state index in [0.717, 1.165) is 0 Å². The lowest BCUT2D eigenvalue weighted by Gasteiger charge is -2.32. The van der Waals surface area contributed by atoms with Gasteiger partial charge in [-0.1, -0.05) is 0 Å². The molecule has 0 spiro atoms.